The number of ketones is 1. The molecule has 72 valence electrons. The number of methoxy groups -OCH3 is 1. The highest BCUT2D eigenvalue weighted by Crippen LogP contribution is 2.13. The van der Waals surface area contributed by atoms with Crippen molar-refractivity contribution in [2.75, 3.05) is 20.2 Å². The molecule has 0 saturated carbocycles. The zero-order chi connectivity index (χ0) is 9.84. The van der Waals surface area contributed by atoms with E-state index in [1.807, 2.05) is 0 Å². The molecular formula is C8H11NO4. The molecule has 0 aromatic rings. The topological polar surface area (TPSA) is 75.6 Å². The SMILES string of the molecule is COC1=C(C(=O)C(=O)O)CNCC1. The Morgan fingerprint density at radius 2 is 2.23 bits per heavy atom. The Morgan fingerprint density at radius 3 is 2.77 bits per heavy atom. The third-order valence-electron chi connectivity index (χ3n) is 1.88. The number of rotatable bonds is 3. The van der Waals surface area contributed by atoms with E-state index in [1.54, 1.807) is 0 Å². The van der Waals surface area contributed by atoms with Crippen LogP contribution in [0.25, 0.3) is 0 Å². The van der Waals surface area contributed by atoms with Crippen LogP contribution in [-0.4, -0.2) is 37.1 Å². The molecule has 0 spiro atoms. The zero-order valence-electron chi connectivity index (χ0n) is 7.29. The summed E-state index contributed by atoms with van der Waals surface area (Å²) >= 11 is 0. The van der Waals surface area contributed by atoms with Crippen LogP contribution in [0.2, 0.25) is 0 Å². The molecule has 0 amide bonds. The second-order valence-corrected chi connectivity index (χ2v) is 2.67. The maximum Gasteiger partial charge on any atom is 0.377 e. The van der Waals surface area contributed by atoms with Gasteiger partial charge in [0.2, 0.25) is 0 Å². The summed E-state index contributed by atoms with van der Waals surface area (Å²) in [6, 6.07) is 0. The van der Waals surface area contributed by atoms with Crippen LogP contribution >= 0.6 is 0 Å². The third-order valence-corrected chi connectivity index (χ3v) is 1.88. The molecule has 1 rings (SSSR count). The first-order chi connectivity index (χ1) is 6.16. The minimum absolute atomic E-state index is 0.223. The van der Waals surface area contributed by atoms with Gasteiger partial charge in [0.25, 0.3) is 5.78 Å². The van der Waals surface area contributed by atoms with Gasteiger partial charge in [0, 0.05) is 19.5 Å². The predicted molar refractivity (Wildman–Crippen MR) is 44.2 cm³/mol. The monoisotopic (exact) mass is 185 g/mol. The fraction of sp³-hybridized carbons (Fsp3) is 0.500. The summed E-state index contributed by atoms with van der Waals surface area (Å²) in [5.41, 5.74) is 0.223. The second kappa shape index (κ2) is 4.04. The number of Topliss-reactive ketones (excluding diaryl/α,β-unsaturated/α-hetero) is 1. The molecule has 5 heteroatoms. The molecule has 0 atom stereocenters. The van der Waals surface area contributed by atoms with Crippen LogP contribution in [0.5, 0.6) is 0 Å². The first kappa shape index (κ1) is 9.73. The smallest absolute Gasteiger partial charge is 0.377 e. The fourth-order valence-electron chi connectivity index (χ4n) is 1.23. The van der Waals surface area contributed by atoms with Crippen molar-refractivity contribution in [3.8, 4) is 0 Å². The Balaban J connectivity index is 2.90. The molecule has 0 aliphatic carbocycles. The van der Waals surface area contributed by atoms with Crippen molar-refractivity contribution in [2.24, 2.45) is 0 Å². The molecule has 1 aliphatic heterocycles. The summed E-state index contributed by atoms with van der Waals surface area (Å²) in [5.74, 6) is -1.84. The van der Waals surface area contributed by atoms with E-state index >= 15 is 0 Å². The first-order valence-corrected chi connectivity index (χ1v) is 3.91. The molecule has 1 heterocycles. The highest BCUT2D eigenvalue weighted by Gasteiger charge is 2.24. The molecule has 0 unspecified atom stereocenters. The highest BCUT2D eigenvalue weighted by molar-refractivity contribution is 6.39. The van der Waals surface area contributed by atoms with Gasteiger partial charge in [-0.2, -0.15) is 0 Å². The van der Waals surface area contributed by atoms with E-state index in [2.05, 4.69) is 5.32 Å². The van der Waals surface area contributed by atoms with E-state index in [1.165, 1.54) is 7.11 Å². The van der Waals surface area contributed by atoms with Crippen molar-refractivity contribution in [3.63, 3.8) is 0 Å². The molecule has 0 aromatic carbocycles. The van der Waals surface area contributed by atoms with Crippen LogP contribution in [0, 0.1) is 0 Å². The van der Waals surface area contributed by atoms with Crippen LogP contribution in [-0.2, 0) is 14.3 Å². The van der Waals surface area contributed by atoms with E-state index < -0.39 is 11.8 Å². The molecular weight excluding hydrogens is 174 g/mol. The molecule has 0 saturated heterocycles. The highest BCUT2D eigenvalue weighted by atomic mass is 16.5. The zero-order valence-corrected chi connectivity index (χ0v) is 7.29. The van der Waals surface area contributed by atoms with Gasteiger partial charge in [0.15, 0.2) is 0 Å². The standard InChI is InChI=1S/C8H11NO4/c1-13-6-2-3-9-4-5(6)7(10)8(11)12/h9H,2-4H2,1H3,(H,11,12). The number of ether oxygens (including phenoxy) is 1. The van der Waals surface area contributed by atoms with Crippen molar-refractivity contribution in [3.05, 3.63) is 11.3 Å². The third kappa shape index (κ3) is 2.06. The minimum Gasteiger partial charge on any atom is -0.501 e. The van der Waals surface area contributed by atoms with E-state index in [0.29, 0.717) is 18.7 Å². The number of hydrogen-bond acceptors (Lipinski definition) is 4. The maximum absolute atomic E-state index is 11.1. The van der Waals surface area contributed by atoms with Gasteiger partial charge in [-0.15, -0.1) is 0 Å². The van der Waals surface area contributed by atoms with E-state index in [4.69, 9.17) is 9.84 Å². The van der Waals surface area contributed by atoms with Crippen LogP contribution < -0.4 is 5.32 Å². The van der Waals surface area contributed by atoms with Gasteiger partial charge in [0.1, 0.15) is 5.76 Å². The quantitative estimate of drug-likeness (QED) is 0.581. The summed E-state index contributed by atoms with van der Waals surface area (Å²) in [4.78, 5) is 21.5. The predicted octanol–water partition coefficient (Wildman–Crippen LogP) is -0.466. The lowest BCUT2D eigenvalue weighted by Crippen LogP contribution is -2.32. The minimum atomic E-state index is -1.44. The van der Waals surface area contributed by atoms with Gasteiger partial charge in [-0.05, 0) is 0 Å². The lowest BCUT2D eigenvalue weighted by Gasteiger charge is -2.17. The van der Waals surface area contributed by atoms with Crippen molar-refractivity contribution in [1.29, 1.82) is 0 Å². The average Bonchev–Trinajstić information content (AvgIpc) is 2.16. The lowest BCUT2D eigenvalue weighted by molar-refractivity contribution is -0.147. The van der Waals surface area contributed by atoms with Crippen LogP contribution in [0.1, 0.15) is 6.42 Å². The Labute approximate surface area is 75.4 Å². The van der Waals surface area contributed by atoms with Gasteiger partial charge in [-0.25, -0.2) is 4.79 Å². The number of nitrogens with one attached hydrogen (secondary N) is 1. The normalized spacial score (nSPS) is 17.0. The summed E-state index contributed by atoms with van der Waals surface area (Å²) in [6.45, 7) is 0.980. The fourth-order valence-corrected chi connectivity index (χ4v) is 1.23. The van der Waals surface area contributed by atoms with Crippen molar-refractivity contribution >= 4 is 11.8 Å². The summed E-state index contributed by atoms with van der Waals surface area (Å²) in [7, 11) is 1.44. The van der Waals surface area contributed by atoms with Gasteiger partial charge in [-0.3, -0.25) is 4.79 Å². The Morgan fingerprint density at radius 1 is 1.54 bits per heavy atom. The van der Waals surface area contributed by atoms with Gasteiger partial charge in [-0.1, -0.05) is 0 Å². The Kier molecular flexibility index (Phi) is 3.02. The van der Waals surface area contributed by atoms with Gasteiger partial charge in [0.05, 0.1) is 12.7 Å². The Bertz CT molecular complexity index is 269. The second-order valence-electron chi connectivity index (χ2n) is 2.67. The van der Waals surface area contributed by atoms with Crippen molar-refractivity contribution < 1.29 is 19.4 Å². The van der Waals surface area contributed by atoms with E-state index in [0.717, 1.165) is 0 Å². The Hall–Kier alpha value is -1.36. The summed E-state index contributed by atoms with van der Waals surface area (Å²) in [6.07, 6.45) is 0.560. The van der Waals surface area contributed by atoms with Crippen molar-refractivity contribution in [1.82, 2.24) is 5.32 Å². The number of aliphatic carboxylic acids is 1. The number of hydrogen-bond donors (Lipinski definition) is 2. The lowest BCUT2D eigenvalue weighted by atomic mass is 10.1. The maximum atomic E-state index is 11.1. The first-order valence-electron chi connectivity index (χ1n) is 3.91. The van der Waals surface area contributed by atoms with Gasteiger partial charge >= 0.3 is 5.97 Å². The number of carboxylic acid groups (broad SMARTS) is 1. The molecule has 0 radical (unpaired) electrons. The largest absolute Gasteiger partial charge is 0.501 e. The number of carbonyl (C=O) groups is 2. The molecule has 0 aromatic heterocycles. The summed E-state index contributed by atoms with van der Waals surface area (Å²) in [5, 5.41) is 11.4. The summed E-state index contributed by atoms with van der Waals surface area (Å²) < 4.78 is 4.93. The van der Waals surface area contributed by atoms with Crippen LogP contribution in [0.15, 0.2) is 11.3 Å². The molecule has 13 heavy (non-hydrogen) atoms. The van der Waals surface area contributed by atoms with E-state index in [9.17, 15) is 9.59 Å². The average molecular weight is 185 g/mol. The molecule has 2 N–H and O–H groups in total. The number of carboxylic acids is 1. The van der Waals surface area contributed by atoms with Gasteiger partial charge < -0.3 is 15.2 Å². The molecule has 5 nitrogen and oxygen atoms in total. The molecule has 0 fully saturated rings. The van der Waals surface area contributed by atoms with E-state index in [-0.39, 0.29) is 12.1 Å². The van der Waals surface area contributed by atoms with Crippen molar-refractivity contribution in [2.45, 2.75) is 6.42 Å². The van der Waals surface area contributed by atoms with Crippen LogP contribution in [0.3, 0.4) is 0 Å². The molecule has 1 aliphatic rings. The number of carbonyl (C=O) groups excluding carboxylic acids is 1. The van der Waals surface area contributed by atoms with Crippen LogP contribution in [0.4, 0.5) is 0 Å². The molecule has 0 bridgehead atoms.